The number of aromatic nitrogens is 1. The van der Waals surface area contributed by atoms with Crippen molar-refractivity contribution in [2.75, 3.05) is 13.2 Å². The molecule has 3 heterocycles. The molecule has 1 aromatic carbocycles. The topological polar surface area (TPSA) is 76.1 Å². The number of benzene rings is 1. The second-order valence-electron chi connectivity index (χ2n) is 18.2. The number of Topliss-reactive ketones (excluding diaryl/α,β-unsaturated/α-hetero) is 1. The van der Waals surface area contributed by atoms with Crippen molar-refractivity contribution in [1.82, 2.24) is 4.98 Å². The first-order chi connectivity index (χ1) is 24.7. The zero-order chi connectivity index (χ0) is 39.2. The van der Waals surface area contributed by atoms with Crippen LogP contribution in [0.3, 0.4) is 0 Å². The molecule has 0 spiro atoms. The molecule has 1 aromatic heterocycles. The van der Waals surface area contributed by atoms with Crippen molar-refractivity contribution in [3.05, 3.63) is 53.1 Å². The van der Waals surface area contributed by atoms with E-state index in [2.05, 4.69) is 85.5 Å². The van der Waals surface area contributed by atoms with Gasteiger partial charge in [-0.15, -0.1) is 17.9 Å². The van der Waals surface area contributed by atoms with Crippen molar-refractivity contribution in [3.8, 4) is 0 Å². The Morgan fingerprint density at radius 2 is 1.87 bits per heavy atom. The number of nitrogens with zero attached hydrogens (tertiary/aromatic N) is 1. The lowest BCUT2D eigenvalue weighted by molar-refractivity contribution is -0.289. The number of rotatable bonds is 18. The minimum atomic E-state index is -2.04. The molecule has 7 nitrogen and oxygen atoms in total. The first-order valence-electron chi connectivity index (χ1n) is 20.2. The molecule has 2 aliphatic heterocycles. The van der Waals surface area contributed by atoms with Gasteiger partial charge in [0.2, 0.25) is 0 Å². The van der Waals surface area contributed by atoms with Crippen LogP contribution in [0.15, 0.2) is 42.5 Å². The van der Waals surface area contributed by atoms with Crippen LogP contribution in [0, 0.1) is 24.2 Å². The van der Waals surface area contributed by atoms with Crippen LogP contribution in [0.25, 0.3) is 10.2 Å². The Labute approximate surface area is 326 Å². The molecule has 0 radical (unpaired) electrons. The Bertz CT molecular complexity index is 1530. The Kier molecular flexibility index (Phi) is 15.3. The standard InChI is InChI=1S/C44H71NO6SSi/c1-14-18-34(41(46)43(8,9)38-26-28-48-44(10,11)50-38)40(49-39-21-15-16-27-47-39)31(3)20-17-19-30(2)22-24-36(51-53(12,13)42(5,6)7)33-23-25-37-35(29-33)45-32(4)52-37/h14,22-23,25,29,31,34,36,38-40H,1,15-21,24,26-28H2,2-13H3/t31-,34+,36?,38-,39?,40-/m0/s1. The minimum absolute atomic E-state index is 0.0243. The molecular formula is C44H71NO6SSi. The van der Waals surface area contributed by atoms with Crippen LogP contribution in [0.4, 0.5) is 0 Å². The van der Waals surface area contributed by atoms with Crippen molar-refractivity contribution < 1.29 is 28.2 Å². The molecular weight excluding hydrogens is 699 g/mol. The summed E-state index contributed by atoms with van der Waals surface area (Å²) in [5, 5.41) is 1.20. The number of ether oxygens (including phenoxy) is 4. The molecule has 2 aromatic rings. The maximum Gasteiger partial charge on any atom is 0.192 e. The summed E-state index contributed by atoms with van der Waals surface area (Å²) in [7, 11) is -2.04. The lowest BCUT2D eigenvalue weighted by atomic mass is 9.71. The van der Waals surface area contributed by atoms with Gasteiger partial charge in [0.15, 0.2) is 20.4 Å². The first-order valence-corrected chi connectivity index (χ1v) is 23.9. The third kappa shape index (κ3) is 11.9. The number of thiazole rings is 1. The number of carbonyl (C=O) groups is 1. The largest absolute Gasteiger partial charge is 0.410 e. The number of hydrogen-bond donors (Lipinski definition) is 0. The van der Waals surface area contributed by atoms with E-state index in [4.69, 9.17) is 28.4 Å². The molecule has 0 bridgehead atoms. The van der Waals surface area contributed by atoms with Gasteiger partial charge in [-0.1, -0.05) is 65.3 Å². The van der Waals surface area contributed by atoms with Gasteiger partial charge in [0.05, 0.1) is 45.6 Å². The van der Waals surface area contributed by atoms with Gasteiger partial charge in [0.25, 0.3) is 0 Å². The van der Waals surface area contributed by atoms with Crippen LogP contribution in [0.1, 0.15) is 137 Å². The smallest absolute Gasteiger partial charge is 0.192 e. The summed E-state index contributed by atoms with van der Waals surface area (Å²) in [6.07, 6.45) is 11.4. The second kappa shape index (κ2) is 18.5. The zero-order valence-corrected chi connectivity index (χ0v) is 37.0. The van der Waals surface area contributed by atoms with Crippen molar-refractivity contribution in [2.24, 2.45) is 17.3 Å². The van der Waals surface area contributed by atoms with E-state index in [1.54, 1.807) is 11.3 Å². The lowest BCUT2D eigenvalue weighted by Gasteiger charge is -2.45. The zero-order valence-electron chi connectivity index (χ0n) is 35.1. The molecule has 298 valence electrons. The van der Waals surface area contributed by atoms with Gasteiger partial charge in [-0.25, -0.2) is 4.98 Å². The normalized spacial score (nSPS) is 22.7. The number of hydrogen-bond acceptors (Lipinski definition) is 8. The van der Waals surface area contributed by atoms with Gasteiger partial charge in [-0.2, -0.15) is 0 Å². The minimum Gasteiger partial charge on any atom is -0.410 e. The van der Waals surface area contributed by atoms with E-state index >= 15 is 0 Å². The fourth-order valence-corrected chi connectivity index (χ4v) is 9.61. The molecule has 9 heteroatoms. The summed E-state index contributed by atoms with van der Waals surface area (Å²) >= 11 is 1.74. The molecule has 0 amide bonds. The fourth-order valence-electron chi connectivity index (χ4n) is 7.50. The molecule has 53 heavy (non-hydrogen) atoms. The monoisotopic (exact) mass is 769 g/mol. The number of fused-ring (bicyclic) bond motifs is 1. The maximum absolute atomic E-state index is 14.6. The van der Waals surface area contributed by atoms with E-state index in [0.29, 0.717) is 26.1 Å². The van der Waals surface area contributed by atoms with Crippen LogP contribution in [0.5, 0.6) is 0 Å². The van der Waals surface area contributed by atoms with E-state index in [1.165, 1.54) is 15.8 Å². The Morgan fingerprint density at radius 1 is 1.13 bits per heavy atom. The van der Waals surface area contributed by atoms with Gasteiger partial charge in [0.1, 0.15) is 5.78 Å². The third-order valence-electron chi connectivity index (χ3n) is 11.9. The van der Waals surface area contributed by atoms with Gasteiger partial charge >= 0.3 is 0 Å². The summed E-state index contributed by atoms with van der Waals surface area (Å²) in [5.74, 6) is -0.749. The van der Waals surface area contributed by atoms with E-state index < -0.39 is 19.5 Å². The van der Waals surface area contributed by atoms with E-state index in [-0.39, 0.29) is 47.3 Å². The predicted octanol–water partition coefficient (Wildman–Crippen LogP) is 12.1. The number of allylic oxidation sites excluding steroid dienone is 2. The highest BCUT2D eigenvalue weighted by molar-refractivity contribution is 7.18. The predicted molar refractivity (Wildman–Crippen MR) is 222 cm³/mol. The van der Waals surface area contributed by atoms with Crippen molar-refractivity contribution >= 4 is 35.7 Å². The van der Waals surface area contributed by atoms with Crippen LogP contribution in [-0.2, 0) is 28.2 Å². The van der Waals surface area contributed by atoms with Crippen molar-refractivity contribution in [1.29, 1.82) is 0 Å². The van der Waals surface area contributed by atoms with Gasteiger partial charge in [-0.3, -0.25) is 4.79 Å². The highest BCUT2D eigenvalue weighted by Gasteiger charge is 2.48. The summed E-state index contributed by atoms with van der Waals surface area (Å²) in [4.78, 5) is 19.4. The maximum atomic E-state index is 14.6. The molecule has 4 rings (SSSR count). The van der Waals surface area contributed by atoms with Crippen LogP contribution < -0.4 is 0 Å². The molecule has 2 fully saturated rings. The molecule has 2 aliphatic rings. The Hall–Kier alpha value is -1.72. The molecule has 2 saturated heterocycles. The van der Waals surface area contributed by atoms with Gasteiger partial charge in [-0.05, 0) is 127 Å². The number of ketones is 1. The Morgan fingerprint density at radius 3 is 2.51 bits per heavy atom. The molecule has 2 unspecified atom stereocenters. The van der Waals surface area contributed by atoms with E-state index in [1.807, 2.05) is 33.8 Å². The molecule has 6 atom stereocenters. The average Bonchev–Trinajstić information content (AvgIpc) is 3.46. The SMILES string of the molecule is C=CC[C@@H](C(=O)C(C)(C)[C@@H]1CCOC(C)(C)O1)[C@@H](OC1CCCCO1)[C@@H](C)CCCC(C)=CCC(O[Si](C)(C)C(C)(C)C)c1ccc2sc(C)nc2c1. The highest BCUT2D eigenvalue weighted by atomic mass is 32.1. The van der Waals surface area contributed by atoms with Crippen LogP contribution >= 0.6 is 11.3 Å². The Balaban J connectivity index is 1.48. The van der Waals surface area contributed by atoms with E-state index in [0.717, 1.165) is 55.5 Å². The summed E-state index contributed by atoms with van der Waals surface area (Å²) in [5.41, 5.74) is 2.90. The van der Waals surface area contributed by atoms with E-state index in [9.17, 15) is 4.79 Å². The lowest BCUT2D eigenvalue weighted by Crippen LogP contribution is -2.52. The second-order valence-corrected chi connectivity index (χ2v) is 24.2. The van der Waals surface area contributed by atoms with Crippen LogP contribution in [-0.4, -0.2) is 56.6 Å². The van der Waals surface area contributed by atoms with Gasteiger partial charge < -0.3 is 23.4 Å². The van der Waals surface area contributed by atoms with Crippen molar-refractivity contribution in [3.63, 3.8) is 0 Å². The quantitative estimate of drug-likeness (QED) is 0.110. The van der Waals surface area contributed by atoms with Gasteiger partial charge in [0, 0.05) is 12.5 Å². The summed E-state index contributed by atoms with van der Waals surface area (Å²) < 4.78 is 33.4. The highest BCUT2D eigenvalue weighted by Crippen LogP contribution is 2.42. The molecule has 0 N–H and O–H groups in total. The summed E-state index contributed by atoms with van der Waals surface area (Å²) in [6.45, 7) is 31.4. The molecule has 0 saturated carbocycles. The first kappa shape index (κ1) is 44.0. The fraction of sp³-hybridized carbons (Fsp3) is 0.727. The number of aryl methyl sites for hydroxylation is 1. The number of carbonyl (C=O) groups excluding carboxylic acids is 1. The van der Waals surface area contributed by atoms with Crippen molar-refractivity contribution in [2.45, 2.75) is 176 Å². The summed E-state index contributed by atoms with van der Waals surface area (Å²) in [6, 6.07) is 6.67. The average molecular weight is 770 g/mol. The third-order valence-corrected chi connectivity index (χ3v) is 17.3. The van der Waals surface area contributed by atoms with Crippen LogP contribution in [0.2, 0.25) is 18.1 Å². The molecule has 0 aliphatic carbocycles.